The predicted octanol–water partition coefficient (Wildman–Crippen LogP) is 3.44. The molecule has 2 aromatic rings. The molecule has 3 N–H and O–H groups in total. The highest BCUT2D eigenvalue weighted by molar-refractivity contribution is 6.30. The van der Waals surface area contributed by atoms with Gasteiger partial charge < -0.3 is 25.0 Å². The van der Waals surface area contributed by atoms with Gasteiger partial charge in [-0.25, -0.2) is 9.59 Å². The van der Waals surface area contributed by atoms with Crippen molar-refractivity contribution in [2.45, 2.75) is 6.54 Å². The molecule has 0 fully saturated rings. The lowest BCUT2D eigenvalue weighted by Gasteiger charge is -2.12. The minimum Gasteiger partial charge on any atom is -0.496 e. The number of carboxylic acid groups (broad SMARTS) is 2. The van der Waals surface area contributed by atoms with Crippen molar-refractivity contribution in [1.29, 1.82) is 5.26 Å². The smallest absolute Gasteiger partial charge is 0.328 e. The van der Waals surface area contributed by atoms with Gasteiger partial charge in [-0.2, -0.15) is 5.26 Å². The monoisotopic (exact) mass is 418 g/mol. The summed E-state index contributed by atoms with van der Waals surface area (Å²) in [5.74, 6) is -0.777. The molecule has 29 heavy (non-hydrogen) atoms. The fourth-order valence-electron chi connectivity index (χ4n) is 2.07. The zero-order chi connectivity index (χ0) is 21.8. The van der Waals surface area contributed by atoms with Crippen molar-refractivity contribution in [2.75, 3.05) is 14.2 Å². The minimum atomic E-state index is -1.26. The Hall–Kier alpha value is -3.54. The molecular formula is C20H19ClN2O6. The van der Waals surface area contributed by atoms with E-state index in [1.807, 2.05) is 19.2 Å². The second kappa shape index (κ2) is 12.0. The third-order valence-corrected chi connectivity index (χ3v) is 3.52. The Morgan fingerprint density at radius 3 is 2.31 bits per heavy atom. The van der Waals surface area contributed by atoms with E-state index in [9.17, 15) is 9.59 Å². The van der Waals surface area contributed by atoms with Crippen LogP contribution in [0.2, 0.25) is 5.02 Å². The minimum absolute atomic E-state index is 0.424. The molecule has 152 valence electrons. The van der Waals surface area contributed by atoms with E-state index in [1.54, 1.807) is 31.4 Å². The average molecular weight is 419 g/mol. The number of rotatable bonds is 7. The van der Waals surface area contributed by atoms with Gasteiger partial charge in [-0.15, -0.1) is 0 Å². The standard InChI is InChI=1S/C16H15ClN2O2.C4H4O4/c1-19-10-12-4-6-14(8-15(12)20-2)21-16-7-13(17)5-3-11(16)9-18;5-3(6)1-2-4(7)8/h3-8,19H,10H2,1-2H3;1-2H,(H,5,6)(H,7,8). The van der Waals surface area contributed by atoms with Crippen LogP contribution in [0.5, 0.6) is 17.2 Å². The van der Waals surface area contributed by atoms with Crippen molar-refractivity contribution >= 4 is 23.5 Å². The maximum atomic E-state index is 9.55. The molecule has 0 atom stereocenters. The summed E-state index contributed by atoms with van der Waals surface area (Å²) in [5, 5.41) is 28.3. The van der Waals surface area contributed by atoms with Crippen LogP contribution in [0.4, 0.5) is 0 Å². The molecule has 0 unspecified atom stereocenters. The molecule has 9 heteroatoms. The van der Waals surface area contributed by atoms with Gasteiger partial charge in [0.1, 0.15) is 23.3 Å². The van der Waals surface area contributed by atoms with Gasteiger partial charge in [-0.05, 0) is 25.2 Å². The molecular weight excluding hydrogens is 400 g/mol. The van der Waals surface area contributed by atoms with Gasteiger partial charge in [0.05, 0.1) is 12.7 Å². The lowest BCUT2D eigenvalue weighted by atomic mass is 10.2. The highest BCUT2D eigenvalue weighted by atomic mass is 35.5. The van der Waals surface area contributed by atoms with E-state index in [2.05, 4.69) is 11.4 Å². The summed E-state index contributed by atoms with van der Waals surface area (Å²) >= 11 is 5.94. The molecule has 2 aromatic carbocycles. The predicted molar refractivity (Wildman–Crippen MR) is 106 cm³/mol. The third kappa shape index (κ3) is 8.34. The molecule has 0 aromatic heterocycles. The Morgan fingerprint density at radius 2 is 1.79 bits per heavy atom. The van der Waals surface area contributed by atoms with Crippen LogP contribution in [0, 0.1) is 11.3 Å². The van der Waals surface area contributed by atoms with Crippen LogP contribution in [0.25, 0.3) is 0 Å². The molecule has 0 heterocycles. The molecule has 0 aliphatic rings. The second-order valence-electron chi connectivity index (χ2n) is 5.37. The third-order valence-electron chi connectivity index (χ3n) is 3.29. The van der Waals surface area contributed by atoms with Crippen LogP contribution in [-0.2, 0) is 16.1 Å². The summed E-state index contributed by atoms with van der Waals surface area (Å²) in [6.45, 7) is 0.698. The number of hydrogen-bond donors (Lipinski definition) is 3. The van der Waals surface area contributed by atoms with Crippen molar-refractivity contribution in [3.05, 3.63) is 64.7 Å². The van der Waals surface area contributed by atoms with E-state index in [1.165, 1.54) is 0 Å². The van der Waals surface area contributed by atoms with Crippen LogP contribution < -0.4 is 14.8 Å². The largest absolute Gasteiger partial charge is 0.496 e. The zero-order valence-electron chi connectivity index (χ0n) is 15.7. The van der Waals surface area contributed by atoms with E-state index in [0.717, 1.165) is 11.3 Å². The number of nitriles is 1. The van der Waals surface area contributed by atoms with Gasteiger partial charge in [0.25, 0.3) is 0 Å². The number of methoxy groups -OCH3 is 1. The SMILES string of the molecule is CNCc1ccc(Oc2cc(Cl)ccc2C#N)cc1OC.O=C(O)C=CC(=O)O. The van der Waals surface area contributed by atoms with Crippen molar-refractivity contribution in [2.24, 2.45) is 0 Å². The molecule has 2 rings (SSSR count). The summed E-state index contributed by atoms with van der Waals surface area (Å²) in [6.07, 6.45) is 1.12. The van der Waals surface area contributed by atoms with Gasteiger partial charge in [-0.3, -0.25) is 0 Å². The summed E-state index contributed by atoms with van der Waals surface area (Å²) in [7, 11) is 3.48. The van der Waals surface area contributed by atoms with Crippen LogP contribution in [0.15, 0.2) is 48.6 Å². The van der Waals surface area contributed by atoms with Crippen molar-refractivity contribution < 1.29 is 29.3 Å². The van der Waals surface area contributed by atoms with Crippen LogP contribution in [-0.4, -0.2) is 36.3 Å². The van der Waals surface area contributed by atoms with Crippen LogP contribution in [0.3, 0.4) is 0 Å². The first-order valence-electron chi connectivity index (χ1n) is 8.13. The fourth-order valence-corrected chi connectivity index (χ4v) is 2.23. The number of hydrogen-bond acceptors (Lipinski definition) is 6. The van der Waals surface area contributed by atoms with Crippen molar-refractivity contribution in [3.63, 3.8) is 0 Å². The van der Waals surface area contributed by atoms with Crippen LogP contribution >= 0.6 is 11.6 Å². The molecule has 0 bridgehead atoms. The summed E-state index contributed by atoms with van der Waals surface area (Å²) in [5.41, 5.74) is 1.46. The van der Waals surface area contributed by atoms with Crippen molar-refractivity contribution in [1.82, 2.24) is 5.32 Å². The summed E-state index contributed by atoms with van der Waals surface area (Å²) in [6, 6.07) is 12.5. The first-order valence-corrected chi connectivity index (χ1v) is 8.51. The number of carbonyl (C=O) groups is 2. The van der Waals surface area contributed by atoms with Gasteiger partial charge in [0.15, 0.2) is 0 Å². The number of nitrogens with zero attached hydrogens (tertiary/aromatic N) is 1. The second-order valence-corrected chi connectivity index (χ2v) is 5.80. The van der Waals surface area contributed by atoms with Gasteiger partial charge in [0.2, 0.25) is 0 Å². The Balaban J connectivity index is 0.000000447. The maximum Gasteiger partial charge on any atom is 0.328 e. The van der Waals surface area contributed by atoms with Crippen LogP contribution in [0.1, 0.15) is 11.1 Å². The number of halogens is 1. The number of ether oxygens (including phenoxy) is 2. The topological polar surface area (TPSA) is 129 Å². The number of carboxylic acids is 2. The first kappa shape index (κ1) is 23.5. The zero-order valence-corrected chi connectivity index (χ0v) is 16.4. The van der Waals surface area contributed by atoms with E-state index >= 15 is 0 Å². The number of aliphatic carboxylic acids is 2. The average Bonchev–Trinajstić information content (AvgIpc) is 2.68. The fraction of sp³-hybridized carbons (Fsp3) is 0.150. The number of nitrogens with one attached hydrogen (secondary N) is 1. The van der Waals surface area contributed by atoms with E-state index in [-0.39, 0.29) is 0 Å². The first-order chi connectivity index (χ1) is 13.8. The summed E-state index contributed by atoms with van der Waals surface area (Å²) in [4.78, 5) is 19.1. The molecule has 0 spiro atoms. The Labute approximate surface area is 172 Å². The van der Waals surface area contributed by atoms with Gasteiger partial charge >= 0.3 is 11.9 Å². The maximum absolute atomic E-state index is 9.55. The quantitative estimate of drug-likeness (QED) is 0.583. The molecule has 8 nitrogen and oxygen atoms in total. The molecule has 0 radical (unpaired) electrons. The Kier molecular flexibility index (Phi) is 9.74. The Morgan fingerprint density at radius 1 is 1.14 bits per heavy atom. The molecule has 0 aliphatic carbocycles. The van der Waals surface area contributed by atoms with Crippen molar-refractivity contribution in [3.8, 4) is 23.3 Å². The Bertz CT molecular complexity index is 921. The normalized spacial score (nSPS) is 9.86. The lowest BCUT2D eigenvalue weighted by molar-refractivity contribution is -0.134. The van der Waals surface area contributed by atoms with Gasteiger partial charge in [-0.1, -0.05) is 17.7 Å². The van der Waals surface area contributed by atoms with E-state index in [0.29, 0.717) is 40.8 Å². The highest BCUT2D eigenvalue weighted by Crippen LogP contribution is 2.31. The van der Waals surface area contributed by atoms with E-state index in [4.69, 9.17) is 36.5 Å². The molecule has 0 saturated carbocycles. The molecule has 0 saturated heterocycles. The van der Waals surface area contributed by atoms with Gasteiger partial charge in [0, 0.05) is 41.4 Å². The van der Waals surface area contributed by atoms with E-state index < -0.39 is 11.9 Å². The molecule has 0 aliphatic heterocycles. The lowest BCUT2D eigenvalue weighted by Crippen LogP contribution is -2.06. The number of benzene rings is 2. The summed E-state index contributed by atoms with van der Waals surface area (Å²) < 4.78 is 11.1. The molecule has 0 amide bonds. The highest BCUT2D eigenvalue weighted by Gasteiger charge is 2.09.